The van der Waals surface area contributed by atoms with Gasteiger partial charge in [-0.05, 0) is 30.5 Å². The maximum atomic E-state index is 15.8. The number of ether oxygens (including phenoxy) is 2. The third-order valence-corrected chi connectivity index (χ3v) is 8.50. The number of nitrogens with zero attached hydrogens (tertiary/aromatic N) is 6. The lowest BCUT2D eigenvalue weighted by Crippen LogP contribution is -2.54. The van der Waals surface area contributed by atoms with Crippen LogP contribution in [0.3, 0.4) is 0 Å². The average Bonchev–Trinajstić information content (AvgIpc) is 3.26. The molecule has 12 heteroatoms. The van der Waals surface area contributed by atoms with E-state index < -0.39 is 0 Å². The lowest BCUT2D eigenvalue weighted by atomic mass is 10.1. The minimum Gasteiger partial charge on any atom is -0.489 e. The fraction of sp³-hybridized carbons (Fsp3) is 0.433. The van der Waals surface area contributed by atoms with Crippen LogP contribution < -0.4 is 20.3 Å². The van der Waals surface area contributed by atoms with E-state index in [9.17, 15) is 4.79 Å². The third kappa shape index (κ3) is 6.17. The summed E-state index contributed by atoms with van der Waals surface area (Å²) < 4.78 is 27.2. The second kappa shape index (κ2) is 12.6. The van der Waals surface area contributed by atoms with Gasteiger partial charge in [-0.15, -0.1) is 10.2 Å². The van der Waals surface area contributed by atoms with Gasteiger partial charge in [0.25, 0.3) is 0 Å². The first-order chi connectivity index (χ1) is 20.5. The van der Waals surface area contributed by atoms with Crippen molar-refractivity contribution in [1.29, 1.82) is 0 Å². The monoisotopic (exact) mass is 595 g/mol. The number of halogens is 2. The number of hydrogen-bond donors (Lipinski definition) is 1. The number of amides is 1. The number of anilines is 3. The molecule has 2 aromatic carbocycles. The molecule has 2 bridgehead atoms. The van der Waals surface area contributed by atoms with Gasteiger partial charge in [0.1, 0.15) is 13.2 Å². The quantitative estimate of drug-likeness (QED) is 0.413. The molecule has 0 unspecified atom stereocenters. The zero-order valence-corrected chi connectivity index (χ0v) is 24.1. The molecule has 1 amide bonds. The molecule has 3 aliphatic rings. The molecule has 3 aliphatic heterocycles. The summed E-state index contributed by atoms with van der Waals surface area (Å²) in [6, 6.07) is 17.0. The van der Waals surface area contributed by atoms with Crippen LogP contribution >= 0.6 is 11.6 Å². The summed E-state index contributed by atoms with van der Waals surface area (Å²) in [5.41, 5.74) is 8.39. The van der Waals surface area contributed by atoms with Gasteiger partial charge >= 0.3 is 6.09 Å². The van der Waals surface area contributed by atoms with Crippen LogP contribution in [0.1, 0.15) is 18.4 Å². The number of carbonyl (C=O) groups is 1. The van der Waals surface area contributed by atoms with Crippen molar-refractivity contribution in [2.75, 3.05) is 68.0 Å². The maximum absolute atomic E-state index is 15.8. The van der Waals surface area contributed by atoms with E-state index in [0.29, 0.717) is 69.1 Å². The van der Waals surface area contributed by atoms with Gasteiger partial charge in [-0.3, -0.25) is 4.90 Å². The molecule has 42 heavy (non-hydrogen) atoms. The van der Waals surface area contributed by atoms with Crippen LogP contribution in [0.5, 0.6) is 5.75 Å². The smallest absolute Gasteiger partial charge is 0.410 e. The van der Waals surface area contributed by atoms with Crippen molar-refractivity contribution in [2.24, 2.45) is 0 Å². The number of nitrogen functional groups attached to an aromatic ring is 1. The van der Waals surface area contributed by atoms with Crippen LogP contribution in [0.4, 0.5) is 26.4 Å². The normalized spacial score (nSPS) is 20.6. The lowest BCUT2D eigenvalue weighted by molar-refractivity contribution is 0.0682. The molecule has 1 aromatic heterocycles. The highest BCUT2D eigenvalue weighted by Gasteiger charge is 2.42. The lowest BCUT2D eigenvalue weighted by Gasteiger charge is -2.43. The first-order valence-electron chi connectivity index (χ1n) is 14.4. The first kappa shape index (κ1) is 28.3. The number of carbonyl (C=O) groups excluding carboxylic acids is 1. The van der Waals surface area contributed by atoms with Crippen LogP contribution in [0.25, 0.3) is 0 Å². The Bertz CT molecular complexity index is 1380. The van der Waals surface area contributed by atoms with Gasteiger partial charge in [0.15, 0.2) is 22.5 Å². The number of nitrogens with two attached hydrogens (primary N) is 1. The topological polar surface area (TPSA) is 100 Å². The second-order valence-corrected chi connectivity index (χ2v) is 11.3. The Hall–Kier alpha value is -3.83. The van der Waals surface area contributed by atoms with E-state index >= 15 is 4.39 Å². The molecule has 0 aliphatic carbocycles. The number of aromatic nitrogens is 2. The number of rotatable bonds is 8. The minimum atomic E-state index is -0.332. The molecule has 2 atom stereocenters. The molecule has 10 nitrogen and oxygen atoms in total. The van der Waals surface area contributed by atoms with E-state index in [1.807, 2.05) is 42.5 Å². The fourth-order valence-corrected chi connectivity index (χ4v) is 6.32. The number of fused-ring (bicyclic) bond motifs is 2. The van der Waals surface area contributed by atoms with Gasteiger partial charge in [-0.25, -0.2) is 9.18 Å². The van der Waals surface area contributed by atoms with E-state index in [1.165, 1.54) is 0 Å². The van der Waals surface area contributed by atoms with Gasteiger partial charge in [-0.1, -0.05) is 48.0 Å². The molecule has 3 saturated heterocycles. The zero-order chi connectivity index (χ0) is 29.1. The van der Waals surface area contributed by atoms with Crippen molar-refractivity contribution < 1.29 is 18.7 Å². The standard InChI is InChI=1S/C30H35ClFN7O3/c31-27-17-25(29(33)35-34-27)38-18-22-9-10-23(19-38)39(22)24-7-4-8-26(28(24)32)41-16-15-36-11-13-37(14-12-36)30(40)42-20-21-5-2-1-3-6-21/h1-8,17,22-23H,9-16,18-20H2,(H2,33,35)/t22-,23+. The van der Waals surface area contributed by atoms with Crippen molar-refractivity contribution in [3.8, 4) is 5.75 Å². The summed E-state index contributed by atoms with van der Waals surface area (Å²) in [5.74, 6) is 0.270. The first-order valence-corrected chi connectivity index (χ1v) is 14.8. The van der Waals surface area contributed by atoms with Crippen LogP contribution in [0, 0.1) is 5.82 Å². The van der Waals surface area contributed by atoms with Crippen molar-refractivity contribution >= 4 is 34.9 Å². The molecule has 0 spiro atoms. The Kier molecular flexibility index (Phi) is 8.48. The number of hydrogen-bond acceptors (Lipinski definition) is 9. The van der Waals surface area contributed by atoms with Crippen molar-refractivity contribution in [1.82, 2.24) is 20.0 Å². The molecule has 0 radical (unpaired) electrons. The van der Waals surface area contributed by atoms with Gasteiger partial charge < -0.3 is 29.9 Å². The van der Waals surface area contributed by atoms with Gasteiger partial charge in [0.05, 0.1) is 11.4 Å². The summed E-state index contributed by atoms with van der Waals surface area (Å²) in [7, 11) is 0. The predicted octanol–water partition coefficient (Wildman–Crippen LogP) is 4.04. The van der Waals surface area contributed by atoms with E-state index in [0.717, 1.165) is 24.1 Å². The van der Waals surface area contributed by atoms with Gasteiger partial charge in [0.2, 0.25) is 0 Å². The maximum Gasteiger partial charge on any atom is 0.410 e. The van der Waals surface area contributed by atoms with Crippen LogP contribution in [0.15, 0.2) is 54.6 Å². The van der Waals surface area contributed by atoms with E-state index in [2.05, 4.69) is 24.9 Å². The average molecular weight is 596 g/mol. The van der Waals surface area contributed by atoms with Crippen LogP contribution in [0.2, 0.25) is 5.15 Å². The van der Waals surface area contributed by atoms with E-state index in [1.54, 1.807) is 17.0 Å². The molecular weight excluding hydrogens is 561 g/mol. The Morgan fingerprint density at radius 1 is 0.976 bits per heavy atom. The molecule has 3 aromatic rings. The molecular formula is C30H35ClFN7O3. The predicted molar refractivity (Wildman–Crippen MR) is 159 cm³/mol. The van der Waals surface area contributed by atoms with Crippen LogP contribution in [-0.2, 0) is 11.3 Å². The summed E-state index contributed by atoms with van der Waals surface area (Å²) >= 11 is 6.07. The second-order valence-electron chi connectivity index (χ2n) is 10.9. The molecule has 6 rings (SSSR count). The molecule has 3 fully saturated rings. The number of piperazine rings is 2. The highest BCUT2D eigenvalue weighted by molar-refractivity contribution is 6.29. The van der Waals surface area contributed by atoms with Crippen molar-refractivity contribution in [3.05, 3.63) is 71.1 Å². The molecule has 222 valence electrons. The molecule has 2 N–H and O–H groups in total. The molecule has 0 saturated carbocycles. The minimum absolute atomic E-state index is 0.135. The van der Waals surface area contributed by atoms with Gasteiger partial charge in [-0.2, -0.15) is 0 Å². The Balaban J connectivity index is 0.993. The zero-order valence-electron chi connectivity index (χ0n) is 23.4. The summed E-state index contributed by atoms with van der Waals surface area (Å²) in [4.78, 5) is 20.8. The van der Waals surface area contributed by atoms with Crippen molar-refractivity contribution in [2.45, 2.75) is 31.5 Å². The number of benzene rings is 2. The highest BCUT2D eigenvalue weighted by Crippen LogP contribution is 2.40. The van der Waals surface area contributed by atoms with Crippen LogP contribution in [-0.4, -0.2) is 90.6 Å². The summed E-state index contributed by atoms with van der Waals surface area (Å²) in [6.45, 7) is 5.24. The molecule has 4 heterocycles. The third-order valence-electron chi connectivity index (χ3n) is 8.32. The SMILES string of the molecule is Nc1nnc(Cl)cc1N1C[C@H]2CC[C@@H](C1)N2c1cccc(OCCN2CCN(C(=O)OCc3ccccc3)CC2)c1F. The Labute approximate surface area is 249 Å². The van der Waals surface area contributed by atoms with E-state index in [-0.39, 0.29) is 36.4 Å². The summed E-state index contributed by atoms with van der Waals surface area (Å²) in [6.07, 6.45) is 1.63. The fourth-order valence-electron chi connectivity index (χ4n) is 6.17. The van der Waals surface area contributed by atoms with Crippen molar-refractivity contribution in [3.63, 3.8) is 0 Å². The van der Waals surface area contributed by atoms with Gasteiger partial charge in [0, 0.05) is 64.0 Å². The highest BCUT2D eigenvalue weighted by atomic mass is 35.5. The Morgan fingerprint density at radius 2 is 1.71 bits per heavy atom. The van der Waals surface area contributed by atoms with E-state index in [4.69, 9.17) is 26.8 Å². The Morgan fingerprint density at radius 3 is 2.45 bits per heavy atom. The largest absolute Gasteiger partial charge is 0.489 e. The summed E-state index contributed by atoms with van der Waals surface area (Å²) in [5, 5.41) is 8.07.